The fourth-order valence-corrected chi connectivity index (χ4v) is 3.45. The van der Waals surface area contributed by atoms with Crippen molar-refractivity contribution < 1.29 is 4.79 Å². The molecule has 1 aromatic rings. The average Bonchev–Trinajstić information content (AvgIpc) is 3.13. The minimum absolute atomic E-state index is 0.282. The summed E-state index contributed by atoms with van der Waals surface area (Å²) < 4.78 is 0. The number of nitrogens with one attached hydrogen (secondary N) is 1. The van der Waals surface area contributed by atoms with Crippen LogP contribution in [0.2, 0.25) is 0 Å². The topological polar surface area (TPSA) is 32.3 Å². The van der Waals surface area contributed by atoms with E-state index in [4.69, 9.17) is 0 Å². The Labute approximate surface area is 121 Å². The van der Waals surface area contributed by atoms with Crippen LogP contribution in [0.4, 0.5) is 5.69 Å². The summed E-state index contributed by atoms with van der Waals surface area (Å²) in [5, 5.41) is 3.11. The van der Waals surface area contributed by atoms with Crippen LogP contribution in [0.5, 0.6) is 0 Å². The fourth-order valence-electron chi connectivity index (χ4n) is 3.45. The van der Waals surface area contributed by atoms with Crippen molar-refractivity contribution in [3.8, 4) is 0 Å². The molecule has 1 fully saturated rings. The Balaban J connectivity index is 1.39. The molecule has 1 N–H and O–H groups in total. The zero-order valence-electron chi connectivity index (χ0n) is 12.1. The molecule has 1 aromatic carbocycles. The summed E-state index contributed by atoms with van der Waals surface area (Å²) in [4.78, 5) is 14.4. The van der Waals surface area contributed by atoms with Crippen molar-refractivity contribution in [2.75, 3.05) is 24.5 Å². The SMILES string of the molecule is O=C(NCCCN1CCc2ccccc21)C1CCCC1. The van der Waals surface area contributed by atoms with Crippen LogP contribution in [0.15, 0.2) is 24.3 Å². The second kappa shape index (κ2) is 6.29. The number of nitrogens with zero attached hydrogens (tertiary/aromatic N) is 1. The van der Waals surface area contributed by atoms with Crippen molar-refractivity contribution >= 4 is 11.6 Å². The molecule has 1 aliphatic carbocycles. The van der Waals surface area contributed by atoms with E-state index in [0.29, 0.717) is 5.92 Å². The van der Waals surface area contributed by atoms with E-state index >= 15 is 0 Å². The monoisotopic (exact) mass is 272 g/mol. The molecule has 0 saturated heterocycles. The van der Waals surface area contributed by atoms with Gasteiger partial charge in [-0.2, -0.15) is 0 Å². The predicted molar refractivity (Wildman–Crippen MR) is 81.9 cm³/mol. The van der Waals surface area contributed by atoms with Crippen molar-refractivity contribution in [3.63, 3.8) is 0 Å². The van der Waals surface area contributed by atoms with Gasteiger partial charge in [-0.25, -0.2) is 0 Å². The molecule has 2 aliphatic rings. The quantitative estimate of drug-likeness (QED) is 0.836. The van der Waals surface area contributed by atoms with Gasteiger partial charge >= 0.3 is 0 Å². The molecule has 1 saturated carbocycles. The molecule has 3 heteroatoms. The van der Waals surface area contributed by atoms with Crippen LogP contribution in [0.1, 0.15) is 37.7 Å². The van der Waals surface area contributed by atoms with Gasteiger partial charge in [0.25, 0.3) is 0 Å². The number of para-hydroxylation sites is 1. The number of fused-ring (bicyclic) bond motifs is 1. The summed E-state index contributed by atoms with van der Waals surface area (Å²) in [6, 6.07) is 8.65. The zero-order valence-corrected chi connectivity index (χ0v) is 12.1. The first-order chi connectivity index (χ1) is 9.84. The van der Waals surface area contributed by atoms with E-state index in [1.54, 1.807) is 0 Å². The first-order valence-electron chi connectivity index (χ1n) is 7.95. The number of hydrogen-bond acceptors (Lipinski definition) is 2. The third kappa shape index (κ3) is 2.97. The van der Waals surface area contributed by atoms with Gasteiger partial charge in [0.2, 0.25) is 5.91 Å². The van der Waals surface area contributed by atoms with Crippen molar-refractivity contribution in [1.82, 2.24) is 5.32 Å². The molecule has 1 aliphatic heterocycles. The van der Waals surface area contributed by atoms with Crippen LogP contribution >= 0.6 is 0 Å². The van der Waals surface area contributed by atoms with E-state index in [1.807, 2.05) is 0 Å². The molecule has 20 heavy (non-hydrogen) atoms. The number of amides is 1. The van der Waals surface area contributed by atoms with Gasteiger partial charge in [-0.05, 0) is 37.3 Å². The smallest absolute Gasteiger partial charge is 0.223 e. The molecular formula is C17H24N2O. The maximum atomic E-state index is 11.9. The highest BCUT2D eigenvalue weighted by molar-refractivity contribution is 5.78. The summed E-state index contributed by atoms with van der Waals surface area (Å²) >= 11 is 0. The van der Waals surface area contributed by atoms with E-state index in [0.717, 1.165) is 45.3 Å². The molecule has 0 spiro atoms. The number of carbonyl (C=O) groups is 1. The van der Waals surface area contributed by atoms with Gasteiger partial charge < -0.3 is 10.2 Å². The van der Waals surface area contributed by atoms with Gasteiger partial charge in [0.15, 0.2) is 0 Å². The lowest BCUT2D eigenvalue weighted by Gasteiger charge is -2.19. The molecule has 3 rings (SSSR count). The number of carbonyl (C=O) groups excluding carboxylic acids is 1. The van der Waals surface area contributed by atoms with Gasteiger partial charge in [-0.3, -0.25) is 4.79 Å². The molecule has 3 nitrogen and oxygen atoms in total. The molecule has 0 atom stereocenters. The van der Waals surface area contributed by atoms with Gasteiger partial charge in [-0.15, -0.1) is 0 Å². The van der Waals surface area contributed by atoms with Crippen LogP contribution in [-0.2, 0) is 11.2 Å². The third-order valence-electron chi connectivity index (χ3n) is 4.61. The highest BCUT2D eigenvalue weighted by Crippen LogP contribution is 2.27. The van der Waals surface area contributed by atoms with Crippen molar-refractivity contribution in [1.29, 1.82) is 0 Å². The maximum Gasteiger partial charge on any atom is 0.223 e. The van der Waals surface area contributed by atoms with Crippen molar-refractivity contribution in [3.05, 3.63) is 29.8 Å². The minimum atomic E-state index is 0.282. The van der Waals surface area contributed by atoms with E-state index in [9.17, 15) is 4.79 Å². The Morgan fingerprint density at radius 2 is 2.05 bits per heavy atom. The molecule has 0 bridgehead atoms. The lowest BCUT2D eigenvalue weighted by molar-refractivity contribution is -0.124. The molecule has 0 unspecified atom stereocenters. The van der Waals surface area contributed by atoms with Gasteiger partial charge in [0, 0.05) is 31.2 Å². The van der Waals surface area contributed by atoms with Crippen molar-refractivity contribution in [2.24, 2.45) is 5.92 Å². The van der Waals surface area contributed by atoms with Crippen LogP contribution < -0.4 is 10.2 Å². The second-order valence-electron chi connectivity index (χ2n) is 5.99. The lowest BCUT2D eigenvalue weighted by atomic mass is 10.1. The van der Waals surface area contributed by atoms with Crippen LogP contribution in [0.25, 0.3) is 0 Å². The minimum Gasteiger partial charge on any atom is -0.371 e. The second-order valence-corrected chi connectivity index (χ2v) is 5.99. The van der Waals surface area contributed by atoms with Crippen LogP contribution in [0.3, 0.4) is 0 Å². The Morgan fingerprint density at radius 3 is 2.90 bits per heavy atom. The van der Waals surface area contributed by atoms with E-state index in [-0.39, 0.29) is 5.91 Å². The predicted octanol–water partition coefficient (Wildman–Crippen LogP) is 2.75. The van der Waals surface area contributed by atoms with Crippen LogP contribution in [0, 0.1) is 5.92 Å². The molecular weight excluding hydrogens is 248 g/mol. The largest absolute Gasteiger partial charge is 0.371 e. The first kappa shape index (κ1) is 13.5. The molecule has 0 radical (unpaired) electrons. The van der Waals surface area contributed by atoms with Crippen molar-refractivity contribution in [2.45, 2.75) is 38.5 Å². The third-order valence-corrected chi connectivity index (χ3v) is 4.61. The zero-order chi connectivity index (χ0) is 13.8. The Kier molecular flexibility index (Phi) is 4.24. The fraction of sp³-hybridized carbons (Fsp3) is 0.588. The van der Waals surface area contributed by atoms with Crippen LogP contribution in [-0.4, -0.2) is 25.5 Å². The standard InChI is InChI=1S/C17H24N2O/c20-17(15-7-1-2-8-15)18-11-5-12-19-13-10-14-6-3-4-9-16(14)19/h3-4,6,9,15H,1-2,5,7-8,10-13H2,(H,18,20). The molecule has 108 valence electrons. The number of rotatable bonds is 5. The van der Waals surface area contributed by atoms with E-state index in [2.05, 4.69) is 34.5 Å². The first-order valence-corrected chi connectivity index (χ1v) is 7.95. The molecule has 1 amide bonds. The summed E-state index contributed by atoms with van der Waals surface area (Å²) in [6.07, 6.45) is 6.82. The Bertz CT molecular complexity index is 466. The molecule has 1 heterocycles. The Hall–Kier alpha value is -1.51. The van der Waals surface area contributed by atoms with Gasteiger partial charge in [0.05, 0.1) is 0 Å². The molecule has 0 aromatic heterocycles. The van der Waals surface area contributed by atoms with Gasteiger partial charge in [0.1, 0.15) is 0 Å². The summed E-state index contributed by atoms with van der Waals surface area (Å²) in [5.74, 6) is 0.576. The highest BCUT2D eigenvalue weighted by atomic mass is 16.1. The van der Waals surface area contributed by atoms with E-state index in [1.165, 1.54) is 24.1 Å². The van der Waals surface area contributed by atoms with E-state index < -0.39 is 0 Å². The maximum absolute atomic E-state index is 11.9. The average molecular weight is 272 g/mol. The number of anilines is 1. The highest BCUT2D eigenvalue weighted by Gasteiger charge is 2.22. The number of benzene rings is 1. The summed E-state index contributed by atoms with van der Waals surface area (Å²) in [6.45, 7) is 2.98. The lowest BCUT2D eigenvalue weighted by Crippen LogP contribution is -2.32. The van der Waals surface area contributed by atoms with Gasteiger partial charge in [-0.1, -0.05) is 31.0 Å². The Morgan fingerprint density at radius 1 is 1.25 bits per heavy atom. The summed E-state index contributed by atoms with van der Waals surface area (Å²) in [5.41, 5.74) is 2.84. The normalized spacial score (nSPS) is 18.3. The number of hydrogen-bond donors (Lipinski definition) is 1. The summed E-state index contributed by atoms with van der Waals surface area (Å²) in [7, 11) is 0.